The summed E-state index contributed by atoms with van der Waals surface area (Å²) in [7, 11) is -2.08. The molecule has 0 bridgehead atoms. The first-order chi connectivity index (χ1) is 14.4. The van der Waals surface area contributed by atoms with Crippen LogP contribution < -0.4 is 10.0 Å². The molecule has 1 heterocycles. The van der Waals surface area contributed by atoms with Gasteiger partial charge in [-0.1, -0.05) is 49.4 Å². The Morgan fingerprint density at radius 3 is 2.43 bits per heavy atom. The van der Waals surface area contributed by atoms with Crippen molar-refractivity contribution in [2.24, 2.45) is 0 Å². The largest absolute Gasteiger partial charge is 0.346 e. The molecule has 1 unspecified atom stereocenters. The number of carbonyl (C=O) groups excluding carboxylic acids is 1. The van der Waals surface area contributed by atoms with Gasteiger partial charge in [0.15, 0.2) is 0 Å². The Bertz CT molecular complexity index is 1080. The molecule has 1 amide bonds. The topological polar surface area (TPSA) is 104 Å². The van der Waals surface area contributed by atoms with Crippen LogP contribution >= 0.6 is 0 Å². The van der Waals surface area contributed by atoms with Gasteiger partial charge in [-0.2, -0.15) is 0 Å². The number of nitrogens with zero attached hydrogens (tertiary/aromatic N) is 1. The molecule has 0 saturated heterocycles. The van der Waals surface area contributed by atoms with Crippen molar-refractivity contribution in [1.82, 2.24) is 20.0 Å². The van der Waals surface area contributed by atoms with Gasteiger partial charge in [-0.3, -0.25) is 4.79 Å². The first-order valence-corrected chi connectivity index (χ1v) is 11.3. The van der Waals surface area contributed by atoms with E-state index in [0.717, 1.165) is 22.6 Å². The third-order valence-electron chi connectivity index (χ3n) is 4.90. The quantitative estimate of drug-likeness (QED) is 0.489. The number of amides is 1. The summed E-state index contributed by atoms with van der Waals surface area (Å²) in [6.07, 6.45) is 3.32. The number of benzene rings is 2. The second-order valence-corrected chi connectivity index (χ2v) is 8.81. The Morgan fingerprint density at radius 2 is 1.80 bits per heavy atom. The molecule has 158 valence electrons. The first kappa shape index (κ1) is 21.7. The lowest BCUT2D eigenvalue weighted by Crippen LogP contribution is -2.29. The van der Waals surface area contributed by atoms with Crippen LogP contribution in [-0.4, -0.2) is 31.3 Å². The zero-order chi connectivity index (χ0) is 21.6. The molecule has 1 atom stereocenters. The highest BCUT2D eigenvalue weighted by Gasteiger charge is 2.17. The summed E-state index contributed by atoms with van der Waals surface area (Å²) in [6, 6.07) is 16.3. The number of hydrogen-bond acceptors (Lipinski definition) is 4. The van der Waals surface area contributed by atoms with Crippen molar-refractivity contribution in [3.63, 3.8) is 0 Å². The van der Waals surface area contributed by atoms with Crippen molar-refractivity contribution in [2.75, 3.05) is 7.05 Å². The summed E-state index contributed by atoms with van der Waals surface area (Å²) in [4.78, 5) is 20.4. The highest BCUT2D eigenvalue weighted by Crippen LogP contribution is 2.20. The van der Waals surface area contributed by atoms with Crippen LogP contribution in [0.5, 0.6) is 0 Å². The lowest BCUT2D eigenvalue weighted by atomic mass is 10.1. The average molecular weight is 427 g/mol. The fourth-order valence-corrected chi connectivity index (χ4v) is 3.85. The number of aromatic nitrogens is 2. The Labute approximate surface area is 177 Å². The molecule has 0 aliphatic rings. The Morgan fingerprint density at radius 1 is 1.10 bits per heavy atom. The Balaban J connectivity index is 1.58. The molecule has 0 saturated carbocycles. The highest BCUT2D eigenvalue weighted by molar-refractivity contribution is 7.89. The van der Waals surface area contributed by atoms with Crippen molar-refractivity contribution in [3.05, 3.63) is 72.2 Å². The maximum absolute atomic E-state index is 12.4. The summed E-state index contributed by atoms with van der Waals surface area (Å²) in [5.74, 6) is 0.651. The van der Waals surface area contributed by atoms with Gasteiger partial charge < -0.3 is 10.3 Å². The van der Waals surface area contributed by atoms with E-state index in [-0.39, 0.29) is 16.8 Å². The van der Waals surface area contributed by atoms with E-state index in [1.165, 1.54) is 7.05 Å². The van der Waals surface area contributed by atoms with Gasteiger partial charge in [0.05, 0.1) is 22.8 Å². The summed E-state index contributed by atoms with van der Waals surface area (Å²) in [5.41, 5.74) is 2.86. The summed E-state index contributed by atoms with van der Waals surface area (Å²) < 4.78 is 25.8. The van der Waals surface area contributed by atoms with Gasteiger partial charge >= 0.3 is 0 Å². The van der Waals surface area contributed by atoms with Crippen molar-refractivity contribution in [3.8, 4) is 11.3 Å². The van der Waals surface area contributed by atoms with E-state index in [9.17, 15) is 13.2 Å². The minimum atomic E-state index is -3.45. The molecular weight excluding hydrogens is 400 g/mol. The third kappa shape index (κ3) is 5.34. The molecule has 0 spiro atoms. The maximum atomic E-state index is 12.4. The van der Waals surface area contributed by atoms with Crippen LogP contribution in [0.25, 0.3) is 11.3 Å². The molecule has 30 heavy (non-hydrogen) atoms. The third-order valence-corrected chi connectivity index (χ3v) is 6.33. The minimum Gasteiger partial charge on any atom is -0.346 e. The van der Waals surface area contributed by atoms with E-state index < -0.39 is 10.0 Å². The zero-order valence-electron chi connectivity index (χ0n) is 17.1. The van der Waals surface area contributed by atoms with Crippen molar-refractivity contribution < 1.29 is 13.2 Å². The summed E-state index contributed by atoms with van der Waals surface area (Å²) in [5, 5.41) is 3.02. The van der Waals surface area contributed by atoms with E-state index in [1.807, 2.05) is 37.3 Å². The SMILES string of the molecule is CCC(NC(=O)CCc1ccc(S(=O)(=O)NC)cc1)c1ncc(-c2ccccc2)[nH]1. The van der Waals surface area contributed by atoms with Crippen molar-refractivity contribution >= 4 is 15.9 Å². The molecule has 0 aliphatic heterocycles. The summed E-state index contributed by atoms with van der Waals surface area (Å²) >= 11 is 0. The second kappa shape index (κ2) is 9.69. The van der Waals surface area contributed by atoms with Crippen molar-refractivity contribution in [1.29, 1.82) is 0 Å². The minimum absolute atomic E-state index is 0.0774. The molecule has 8 heteroatoms. The molecule has 0 radical (unpaired) electrons. The lowest BCUT2D eigenvalue weighted by Gasteiger charge is -2.15. The molecule has 0 aliphatic carbocycles. The first-order valence-electron chi connectivity index (χ1n) is 9.85. The van der Waals surface area contributed by atoms with Gasteiger partial charge in [0, 0.05) is 6.42 Å². The predicted octanol–water partition coefficient (Wildman–Crippen LogP) is 3.18. The van der Waals surface area contributed by atoms with Crippen LogP contribution in [0.15, 0.2) is 65.7 Å². The van der Waals surface area contributed by atoms with Gasteiger partial charge in [0.25, 0.3) is 0 Å². The number of imidazole rings is 1. The molecular formula is C22H26N4O3S. The number of nitrogens with one attached hydrogen (secondary N) is 3. The molecule has 2 aromatic carbocycles. The second-order valence-electron chi connectivity index (χ2n) is 6.93. The summed E-state index contributed by atoms with van der Waals surface area (Å²) in [6.45, 7) is 2.00. The highest BCUT2D eigenvalue weighted by atomic mass is 32.2. The number of H-pyrrole nitrogens is 1. The van der Waals surface area contributed by atoms with E-state index >= 15 is 0 Å². The molecule has 3 aromatic rings. The fraction of sp³-hybridized carbons (Fsp3) is 0.273. The van der Waals surface area contributed by atoms with Gasteiger partial charge in [-0.05, 0) is 43.1 Å². The van der Waals surface area contributed by atoms with Crippen molar-refractivity contribution in [2.45, 2.75) is 37.1 Å². The molecule has 1 aromatic heterocycles. The van der Waals surface area contributed by atoms with Gasteiger partial charge in [0.2, 0.25) is 15.9 Å². The number of aryl methyl sites for hydroxylation is 1. The monoisotopic (exact) mass is 426 g/mol. The molecule has 3 N–H and O–H groups in total. The van der Waals surface area contributed by atoms with Crippen LogP contribution in [0.2, 0.25) is 0 Å². The maximum Gasteiger partial charge on any atom is 0.240 e. The lowest BCUT2D eigenvalue weighted by molar-refractivity contribution is -0.121. The van der Waals surface area contributed by atoms with Crippen LogP contribution in [-0.2, 0) is 21.2 Å². The van der Waals surface area contributed by atoms with E-state index in [0.29, 0.717) is 19.3 Å². The number of carbonyl (C=O) groups is 1. The number of hydrogen-bond donors (Lipinski definition) is 3. The van der Waals surface area contributed by atoms with Crippen LogP contribution in [0.1, 0.15) is 37.2 Å². The molecule has 7 nitrogen and oxygen atoms in total. The van der Waals surface area contributed by atoms with Crippen LogP contribution in [0.3, 0.4) is 0 Å². The van der Waals surface area contributed by atoms with Gasteiger partial charge in [0.1, 0.15) is 5.82 Å². The Hall–Kier alpha value is -2.97. The van der Waals surface area contributed by atoms with E-state index in [4.69, 9.17) is 0 Å². The van der Waals surface area contributed by atoms with E-state index in [2.05, 4.69) is 20.0 Å². The van der Waals surface area contributed by atoms with E-state index in [1.54, 1.807) is 30.5 Å². The van der Waals surface area contributed by atoms with Crippen LogP contribution in [0, 0.1) is 0 Å². The predicted molar refractivity (Wildman–Crippen MR) is 116 cm³/mol. The van der Waals surface area contributed by atoms with Crippen LogP contribution in [0.4, 0.5) is 0 Å². The normalized spacial score (nSPS) is 12.5. The smallest absolute Gasteiger partial charge is 0.240 e. The molecule has 3 rings (SSSR count). The number of sulfonamides is 1. The standard InChI is InChI=1S/C22H26N4O3S/c1-3-19(22-24-15-20(26-22)17-7-5-4-6-8-17)25-21(27)14-11-16-9-12-18(13-10-16)30(28,29)23-2/h4-10,12-13,15,19,23H,3,11,14H2,1-2H3,(H,24,26)(H,25,27). The zero-order valence-corrected chi connectivity index (χ0v) is 17.9. The number of rotatable bonds is 9. The average Bonchev–Trinajstić information content (AvgIpc) is 3.27. The number of aromatic amines is 1. The fourth-order valence-electron chi connectivity index (χ4n) is 3.12. The van der Waals surface area contributed by atoms with Gasteiger partial charge in [-0.15, -0.1) is 0 Å². The Kier molecular flexibility index (Phi) is 7.02. The molecule has 0 fully saturated rings. The van der Waals surface area contributed by atoms with Gasteiger partial charge in [-0.25, -0.2) is 18.1 Å².